The highest BCUT2D eigenvalue weighted by Crippen LogP contribution is 2.25. The van der Waals surface area contributed by atoms with Gasteiger partial charge in [0.2, 0.25) is 0 Å². The molecule has 1 saturated heterocycles. The molecule has 1 aliphatic heterocycles. The fraction of sp³-hybridized carbons (Fsp3) is 0.500. The van der Waals surface area contributed by atoms with Gasteiger partial charge in [0.05, 0.1) is 10.5 Å². The number of carbonyl (C=O) groups excluding carboxylic acids is 1. The summed E-state index contributed by atoms with van der Waals surface area (Å²) in [5.41, 5.74) is 0.265. The molecular formula is C14H18BrN3O3. The fourth-order valence-electron chi connectivity index (χ4n) is 2.53. The zero-order valence-electron chi connectivity index (χ0n) is 11.8. The summed E-state index contributed by atoms with van der Waals surface area (Å²) in [6, 6.07) is 4.43. The molecule has 0 radical (unpaired) electrons. The van der Waals surface area contributed by atoms with E-state index in [1.165, 1.54) is 12.1 Å². The van der Waals surface area contributed by atoms with Gasteiger partial charge >= 0.3 is 0 Å². The topological polar surface area (TPSA) is 75.5 Å². The molecule has 1 aromatic carbocycles. The number of non-ortho nitro benzene ring substituents is 1. The molecule has 21 heavy (non-hydrogen) atoms. The summed E-state index contributed by atoms with van der Waals surface area (Å²) in [5.74, 6) is -0.183. The monoisotopic (exact) mass is 355 g/mol. The van der Waals surface area contributed by atoms with E-state index in [9.17, 15) is 14.9 Å². The normalized spacial score (nSPS) is 18.9. The highest BCUT2D eigenvalue weighted by molar-refractivity contribution is 9.10. The van der Waals surface area contributed by atoms with Crippen molar-refractivity contribution >= 4 is 27.5 Å². The van der Waals surface area contributed by atoms with Gasteiger partial charge in [0.15, 0.2) is 0 Å². The van der Waals surface area contributed by atoms with Crippen LogP contribution in [-0.4, -0.2) is 41.9 Å². The lowest BCUT2D eigenvalue weighted by molar-refractivity contribution is -0.384. The minimum absolute atomic E-state index is 0.0718. The van der Waals surface area contributed by atoms with E-state index in [0.717, 1.165) is 32.4 Å². The van der Waals surface area contributed by atoms with Gasteiger partial charge in [-0.25, -0.2) is 0 Å². The van der Waals surface area contributed by atoms with Gasteiger partial charge in [-0.1, -0.05) is 0 Å². The molecule has 1 fully saturated rings. The van der Waals surface area contributed by atoms with Crippen molar-refractivity contribution in [1.82, 2.24) is 10.2 Å². The third-order valence-electron chi connectivity index (χ3n) is 3.80. The smallest absolute Gasteiger partial charge is 0.270 e. The summed E-state index contributed by atoms with van der Waals surface area (Å²) in [5, 5.41) is 14.2. The predicted octanol–water partition coefficient (Wildman–Crippen LogP) is 2.57. The number of halogens is 1. The van der Waals surface area contributed by atoms with Crippen molar-refractivity contribution in [3.8, 4) is 0 Å². The zero-order chi connectivity index (χ0) is 15.4. The Kier molecular flexibility index (Phi) is 5.30. The van der Waals surface area contributed by atoms with Crippen molar-refractivity contribution in [2.24, 2.45) is 0 Å². The third kappa shape index (κ3) is 3.79. The molecule has 1 aliphatic rings. The summed E-state index contributed by atoms with van der Waals surface area (Å²) in [4.78, 5) is 24.7. The van der Waals surface area contributed by atoms with Crippen LogP contribution in [0.2, 0.25) is 0 Å². The molecule has 0 saturated carbocycles. The summed E-state index contributed by atoms with van der Waals surface area (Å²) in [6.07, 6.45) is 2.87. The van der Waals surface area contributed by atoms with Gasteiger partial charge in [0, 0.05) is 29.7 Å². The second-order valence-corrected chi connectivity index (χ2v) is 6.03. The molecule has 0 aromatic heterocycles. The Morgan fingerprint density at radius 1 is 1.43 bits per heavy atom. The van der Waals surface area contributed by atoms with Crippen molar-refractivity contribution in [3.63, 3.8) is 0 Å². The van der Waals surface area contributed by atoms with Gasteiger partial charge < -0.3 is 10.2 Å². The quantitative estimate of drug-likeness (QED) is 0.667. The average molecular weight is 356 g/mol. The van der Waals surface area contributed by atoms with Gasteiger partial charge in [-0.15, -0.1) is 0 Å². The van der Waals surface area contributed by atoms with Crippen molar-refractivity contribution < 1.29 is 9.72 Å². The molecule has 2 rings (SSSR count). The molecule has 0 bridgehead atoms. The van der Waals surface area contributed by atoms with E-state index < -0.39 is 4.92 Å². The number of nitro benzene ring substituents is 1. The standard InChI is InChI=1S/C14H18BrN3O3/c1-17(10-3-2-7-16-8-6-10)14(19)12-9-11(18(20)21)4-5-13(12)15/h4-5,9-10,16H,2-3,6-8H2,1H3. The lowest BCUT2D eigenvalue weighted by Crippen LogP contribution is -2.37. The van der Waals surface area contributed by atoms with Crippen LogP contribution in [0.4, 0.5) is 5.69 Å². The number of nitro groups is 1. The van der Waals surface area contributed by atoms with E-state index in [4.69, 9.17) is 0 Å². The van der Waals surface area contributed by atoms with Crippen LogP contribution in [0.1, 0.15) is 29.6 Å². The predicted molar refractivity (Wildman–Crippen MR) is 83.4 cm³/mol. The van der Waals surface area contributed by atoms with Crippen LogP contribution in [0.25, 0.3) is 0 Å². The number of benzene rings is 1. The van der Waals surface area contributed by atoms with E-state index in [2.05, 4.69) is 21.2 Å². The van der Waals surface area contributed by atoms with Crippen LogP contribution in [-0.2, 0) is 0 Å². The van der Waals surface area contributed by atoms with Crippen LogP contribution < -0.4 is 5.32 Å². The molecule has 1 amide bonds. The lowest BCUT2D eigenvalue weighted by Gasteiger charge is -2.27. The summed E-state index contributed by atoms with van der Waals surface area (Å²) >= 11 is 3.31. The Balaban J connectivity index is 2.21. The van der Waals surface area contributed by atoms with Crippen LogP contribution >= 0.6 is 15.9 Å². The van der Waals surface area contributed by atoms with E-state index in [1.807, 2.05) is 0 Å². The highest BCUT2D eigenvalue weighted by atomic mass is 79.9. The molecule has 1 atom stereocenters. The van der Waals surface area contributed by atoms with E-state index in [0.29, 0.717) is 10.0 Å². The van der Waals surface area contributed by atoms with Crippen LogP contribution in [0, 0.1) is 10.1 Å². The number of carbonyl (C=O) groups is 1. The SMILES string of the molecule is CN(C(=O)c1cc([N+](=O)[O-])ccc1Br)C1CCCNCC1. The molecule has 1 N–H and O–H groups in total. The Bertz CT molecular complexity index is 542. The summed E-state index contributed by atoms with van der Waals surface area (Å²) < 4.78 is 0.580. The number of nitrogens with zero attached hydrogens (tertiary/aromatic N) is 2. The average Bonchev–Trinajstić information content (AvgIpc) is 2.75. The third-order valence-corrected chi connectivity index (χ3v) is 4.50. The van der Waals surface area contributed by atoms with Crippen LogP contribution in [0.3, 0.4) is 0 Å². The molecule has 1 heterocycles. The van der Waals surface area contributed by atoms with Crippen LogP contribution in [0.15, 0.2) is 22.7 Å². The molecule has 1 unspecified atom stereocenters. The Morgan fingerprint density at radius 2 is 2.19 bits per heavy atom. The lowest BCUT2D eigenvalue weighted by atomic mass is 10.1. The van der Waals surface area contributed by atoms with Gasteiger partial charge in [-0.05, 0) is 54.3 Å². The molecule has 1 aromatic rings. The Hall–Kier alpha value is -1.47. The second-order valence-electron chi connectivity index (χ2n) is 5.17. The molecule has 114 valence electrons. The number of nitrogens with one attached hydrogen (secondary N) is 1. The second kappa shape index (κ2) is 7.00. The van der Waals surface area contributed by atoms with Crippen molar-refractivity contribution in [2.45, 2.75) is 25.3 Å². The first-order chi connectivity index (χ1) is 10.0. The maximum absolute atomic E-state index is 12.6. The minimum atomic E-state index is -0.487. The minimum Gasteiger partial charge on any atom is -0.339 e. The van der Waals surface area contributed by atoms with E-state index in [1.54, 1.807) is 18.0 Å². The maximum Gasteiger partial charge on any atom is 0.270 e. The van der Waals surface area contributed by atoms with Crippen molar-refractivity contribution in [2.75, 3.05) is 20.1 Å². The van der Waals surface area contributed by atoms with E-state index in [-0.39, 0.29) is 17.6 Å². The van der Waals surface area contributed by atoms with Gasteiger partial charge in [-0.2, -0.15) is 0 Å². The number of amides is 1. The number of hydrogen-bond acceptors (Lipinski definition) is 4. The largest absolute Gasteiger partial charge is 0.339 e. The zero-order valence-corrected chi connectivity index (χ0v) is 13.4. The highest BCUT2D eigenvalue weighted by Gasteiger charge is 2.24. The summed E-state index contributed by atoms with van der Waals surface area (Å²) in [7, 11) is 1.77. The maximum atomic E-state index is 12.6. The van der Waals surface area contributed by atoms with Gasteiger partial charge in [0.25, 0.3) is 11.6 Å². The molecule has 6 nitrogen and oxygen atoms in total. The molecule has 0 aliphatic carbocycles. The van der Waals surface area contributed by atoms with Gasteiger partial charge in [-0.3, -0.25) is 14.9 Å². The fourth-order valence-corrected chi connectivity index (χ4v) is 2.95. The Morgan fingerprint density at radius 3 is 2.90 bits per heavy atom. The first kappa shape index (κ1) is 15.9. The number of hydrogen-bond donors (Lipinski definition) is 1. The number of rotatable bonds is 3. The van der Waals surface area contributed by atoms with Gasteiger partial charge in [0.1, 0.15) is 0 Å². The van der Waals surface area contributed by atoms with Crippen LogP contribution in [0.5, 0.6) is 0 Å². The first-order valence-electron chi connectivity index (χ1n) is 6.92. The van der Waals surface area contributed by atoms with Crippen molar-refractivity contribution in [3.05, 3.63) is 38.3 Å². The molecule has 7 heteroatoms. The van der Waals surface area contributed by atoms with Crippen molar-refractivity contribution in [1.29, 1.82) is 0 Å². The molecule has 0 spiro atoms. The summed E-state index contributed by atoms with van der Waals surface area (Å²) in [6.45, 7) is 1.86. The Labute approximate surface area is 131 Å². The molecular weight excluding hydrogens is 338 g/mol. The van der Waals surface area contributed by atoms with E-state index >= 15 is 0 Å². The first-order valence-corrected chi connectivity index (χ1v) is 7.72.